The van der Waals surface area contributed by atoms with Gasteiger partial charge < -0.3 is 0 Å². The van der Waals surface area contributed by atoms with Crippen molar-refractivity contribution in [1.29, 1.82) is 5.26 Å². The Hall–Kier alpha value is -0.420. The summed E-state index contributed by atoms with van der Waals surface area (Å²) in [4.78, 5) is 0. The van der Waals surface area contributed by atoms with Gasteiger partial charge >= 0.3 is 0 Å². The van der Waals surface area contributed by atoms with Crippen molar-refractivity contribution in [2.75, 3.05) is 0 Å². The van der Waals surface area contributed by atoms with Crippen LogP contribution in [0.25, 0.3) is 0 Å². The van der Waals surface area contributed by atoms with E-state index in [0.29, 0.717) is 10.6 Å². The number of nitriles is 1. The number of rotatable bonds is 1. The van der Waals surface area contributed by atoms with Crippen molar-refractivity contribution in [2.45, 2.75) is 4.33 Å². The molecule has 4 heteroatoms. The van der Waals surface area contributed by atoms with Crippen LogP contribution in [-0.2, 0) is 4.33 Å². The van der Waals surface area contributed by atoms with Gasteiger partial charge in [0.15, 0.2) is 0 Å². The first-order valence-electron chi connectivity index (χ1n) is 3.11. The Balaban J connectivity index is 3.07. The molecule has 0 aliphatic rings. The fourth-order valence-corrected chi connectivity index (χ4v) is 1.10. The van der Waals surface area contributed by atoms with Gasteiger partial charge in [-0.25, -0.2) is 0 Å². The second-order valence-electron chi connectivity index (χ2n) is 2.19. The highest BCUT2D eigenvalue weighted by Gasteiger charge is 2.25. The van der Waals surface area contributed by atoms with Crippen molar-refractivity contribution in [3.8, 4) is 6.07 Å². The minimum absolute atomic E-state index is 0.526. The van der Waals surface area contributed by atoms with Crippen LogP contribution in [0.3, 0.4) is 0 Å². The van der Waals surface area contributed by atoms with E-state index in [0.717, 1.165) is 0 Å². The molecule has 0 spiro atoms. The zero-order valence-electron chi connectivity index (χ0n) is 5.89. The maximum atomic E-state index is 8.57. The number of halogens is 3. The lowest BCUT2D eigenvalue weighted by Gasteiger charge is -2.09. The third-order valence-corrected chi connectivity index (χ3v) is 2.20. The van der Waals surface area contributed by atoms with Crippen LogP contribution in [0.2, 0.25) is 5.02 Å². The van der Waals surface area contributed by atoms with Crippen LogP contribution in [0.5, 0.6) is 0 Å². The molecule has 0 atom stereocenters. The third-order valence-electron chi connectivity index (χ3n) is 1.35. The van der Waals surface area contributed by atoms with E-state index < -0.39 is 4.33 Å². The summed E-state index contributed by atoms with van der Waals surface area (Å²) in [5.41, 5.74) is 0.526. The zero-order valence-corrected chi connectivity index (χ0v) is 8.16. The number of alkyl halides is 2. The van der Waals surface area contributed by atoms with E-state index in [9.17, 15) is 0 Å². The lowest BCUT2D eigenvalue weighted by atomic mass is 10.1. The Bertz CT molecular complexity index is 310. The highest BCUT2D eigenvalue weighted by Crippen LogP contribution is 2.33. The third kappa shape index (κ3) is 2.04. The molecule has 1 aromatic carbocycles. The van der Waals surface area contributed by atoms with Crippen LogP contribution in [0.15, 0.2) is 24.3 Å². The van der Waals surface area contributed by atoms with Crippen molar-refractivity contribution >= 4 is 34.8 Å². The number of hydrogen-bond acceptors (Lipinski definition) is 1. The Morgan fingerprint density at radius 3 is 2.08 bits per heavy atom. The summed E-state index contributed by atoms with van der Waals surface area (Å²) in [6, 6.07) is 8.26. The lowest BCUT2D eigenvalue weighted by Crippen LogP contribution is -2.05. The highest BCUT2D eigenvalue weighted by atomic mass is 35.5. The molecule has 0 unspecified atom stereocenters. The normalized spacial score (nSPS) is 10.8. The SMILES string of the molecule is N#CC(Cl)(Cl)c1ccc(Cl)cc1. The average molecular weight is 220 g/mol. The molecule has 0 heterocycles. The van der Waals surface area contributed by atoms with Gasteiger partial charge in [-0.1, -0.05) is 46.9 Å². The minimum atomic E-state index is -1.48. The van der Waals surface area contributed by atoms with E-state index in [-0.39, 0.29) is 0 Å². The molecule has 0 bridgehead atoms. The summed E-state index contributed by atoms with van der Waals surface area (Å²) < 4.78 is -1.48. The van der Waals surface area contributed by atoms with E-state index in [1.54, 1.807) is 30.3 Å². The summed E-state index contributed by atoms with van der Waals surface area (Å²) in [5, 5.41) is 9.15. The fourth-order valence-electron chi connectivity index (χ4n) is 0.724. The van der Waals surface area contributed by atoms with Crippen LogP contribution in [-0.4, -0.2) is 0 Å². The Kier molecular flexibility index (Phi) is 2.85. The van der Waals surface area contributed by atoms with Crippen molar-refractivity contribution in [3.05, 3.63) is 34.9 Å². The van der Waals surface area contributed by atoms with Crippen LogP contribution in [0.1, 0.15) is 5.56 Å². The molecule has 0 N–H and O–H groups in total. The molecule has 12 heavy (non-hydrogen) atoms. The average Bonchev–Trinajstić information content (AvgIpc) is 2.05. The molecule has 1 nitrogen and oxygen atoms in total. The van der Waals surface area contributed by atoms with Gasteiger partial charge in [-0.05, 0) is 12.1 Å². The summed E-state index contributed by atoms with van der Waals surface area (Å²) in [5.74, 6) is 0. The highest BCUT2D eigenvalue weighted by molar-refractivity contribution is 6.50. The molecule has 0 radical (unpaired) electrons. The van der Waals surface area contributed by atoms with Crippen LogP contribution < -0.4 is 0 Å². The van der Waals surface area contributed by atoms with Gasteiger partial charge in [0.2, 0.25) is 4.33 Å². The smallest absolute Gasteiger partial charge is 0.195 e. The van der Waals surface area contributed by atoms with Crippen molar-refractivity contribution in [1.82, 2.24) is 0 Å². The predicted octanol–water partition coefficient (Wildman–Crippen LogP) is 3.49. The number of nitrogens with zero attached hydrogens (tertiary/aromatic N) is 1. The molecule has 0 aromatic heterocycles. The predicted molar refractivity (Wildman–Crippen MR) is 50.4 cm³/mol. The Labute approximate surface area is 85.5 Å². The first kappa shape index (κ1) is 9.67. The van der Waals surface area contributed by atoms with Crippen molar-refractivity contribution in [3.63, 3.8) is 0 Å². The van der Waals surface area contributed by atoms with Crippen LogP contribution in [0.4, 0.5) is 0 Å². The molecule has 0 saturated carbocycles. The Morgan fingerprint density at radius 2 is 1.67 bits per heavy atom. The maximum Gasteiger partial charge on any atom is 0.228 e. The van der Waals surface area contributed by atoms with E-state index in [1.807, 2.05) is 0 Å². The van der Waals surface area contributed by atoms with E-state index in [1.165, 1.54) is 0 Å². The van der Waals surface area contributed by atoms with Gasteiger partial charge in [-0.15, -0.1) is 0 Å². The molecule has 0 saturated heterocycles. The van der Waals surface area contributed by atoms with Gasteiger partial charge in [0.1, 0.15) is 6.07 Å². The van der Waals surface area contributed by atoms with Gasteiger partial charge in [0.05, 0.1) is 0 Å². The first-order valence-corrected chi connectivity index (χ1v) is 4.25. The van der Waals surface area contributed by atoms with Crippen molar-refractivity contribution in [2.24, 2.45) is 0 Å². The molecular weight excluding hydrogens is 216 g/mol. The van der Waals surface area contributed by atoms with Crippen LogP contribution in [0, 0.1) is 11.3 Å². The second kappa shape index (κ2) is 3.53. The molecule has 0 fully saturated rings. The molecule has 0 amide bonds. The standard InChI is InChI=1S/C8H4Cl3N/c9-7-3-1-6(2-4-7)8(10,11)5-12/h1-4H. The van der Waals surface area contributed by atoms with Gasteiger partial charge in [-0.2, -0.15) is 5.26 Å². The minimum Gasteiger partial charge on any atom is -0.195 e. The molecule has 1 rings (SSSR count). The van der Waals surface area contributed by atoms with Gasteiger partial charge in [-0.3, -0.25) is 0 Å². The van der Waals surface area contributed by atoms with E-state index >= 15 is 0 Å². The van der Waals surface area contributed by atoms with Crippen molar-refractivity contribution < 1.29 is 0 Å². The first-order chi connectivity index (χ1) is 5.56. The lowest BCUT2D eigenvalue weighted by molar-refractivity contribution is 1.11. The molecule has 0 aliphatic carbocycles. The zero-order chi connectivity index (χ0) is 9.19. The molecular formula is C8H4Cl3N. The second-order valence-corrected chi connectivity index (χ2v) is 3.96. The van der Waals surface area contributed by atoms with Gasteiger partial charge in [0.25, 0.3) is 0 Å². The topological polar surface area (TPSA) is 23.8 Å². The molecule has 62 valence electrons. The summed E-state index contributed by atoms with van der Waals surface area (Å²) in [7, 11) is 0. The van der Waals surface area contributed by atoms with Crippen LogP contribution >= 0.6 is 34.8 Å². The molecule has 0 aliphatic heterocycles. The van der Waals surface area contributed by atoms with E-state index in [4.69, 9.17) is 40.1 Å². The number of hydrogen-bond donors (Lipinski definition) is 0. The quantitative estimate of drug-likeness (QED) is 0.665. The summed E-state index contributed by atoms with van der Waals surface area (Å²) >= 11 is 17.0. The fraction of sp³-hybridized carbons (Fsp3) is 0.125. The summed E-state index contributed by atoms with van der Waals surface area (Å²) in [6.45, 7) is 0. The Morgan fingerprint density at radius 1 is 1.17 bits per heavy atom. The summed E-state index contributed by atoms with van der Waals surface area (Å²) in [6.07, 6.45) is 0. The van der Waals surface area contributed by atoms with Gasteiger partial charge in [0, 0.05) is 10.6 Å². The van der Waals surface area contributed by atoms with E-state index in [2.05, 4.69) is 0 Å². The maximum absolute atomic E-state index is 8.57. The monoisotopic (exact) mass is 219 g/mol. The number of benzene rings is 1. The molecule has 1 aromatic rings. The largest absolute Gasteiger partial charge is 0.228 e.